The largest absolute Gasteiger partial charge is 0.573 e. The van der Waals surface area contributed by atoms with E-state index >= 15 is 0 Å². The number of hydrogen-bond donors (Lipinski definition) is 1. The number of hydrogen-bond acceptors (Lipinski definition) is 4. The Hall–Kier alpha value is -2.90. The minimum absolute atomic E-state index is 0.202. The number of carbonyl (C=O) groups excluding carboxylic acids is 1. The first kappa shape index (κ1) is 19.4. The van der Waals surface area contributed by atoms with Gasteiger partial charge in [0.25, 0.3) is 5.91 Å². The van der Waals surface area contributed by atoms with Crippen molar-refractivity contribution in [2.75, 3.05) is 14.2 Å². The second kappa shape index (κ2) is 7.99. The summed E-state index contributed by atoms with van der Waals surface area (Å²) in [6.45, 7) is 1.76. The van der Waals surface area contributed by atoms with Gasteiger partial charge in [-0.1, -0.05) is 0 Å². The molecule has 26 heavy (non-hydrogen) atoms. The van der Waals surface area contributed by atoms with Crippen LogP contribution in [0.2, 0.25) is 0 Å². The fourth-order valence-corrected chi connectivity index (χ4v) is 2.34. The zero-order chi connectivity index (χ0) is 19.3. The molecule has 1 amide bonds. The van der Waals surface area contributed by atoms with Crippen molar-refractivity contribution in [1.29, 1.82) is 0 Å². The topological polar surface area (TPSA) is 56.8 Å². The average Bonchev–Trinajstić information content (AvgIpc) is 2.60. The summed E-state index contributed by atoms with van der Waals surface area (Å²) in [6.07, 6.45) is -4.78. The van der Waals surface area contributed by atoms with Crippen molar-refractivity contribution in [2.24, 2.45) is 0 Å². The summed E-state index contributed by atoms with van der Waals surface area (Å²) in [5.74, 6) is 0.348. The third kappa shape index (κ3) is 5.05. The van der Waals surface area contributed by atoms with Gasteiger partial charge < -0.3 is 19.5 Å². The Balaban J connectivity index is 2.12. The van der Waals surface area contributed by atoms with Gasteiger partial charge in [-0.25, -0.2) is 0 Å². The third-order valence-electron chi connectivity index (χ3n) is 3.60. The molecular weight excluding hydrogens is 351 g/mol. The first-order valence-electron chi connectivity index (χ1n) is 7.62. The maximum Gasteiger partial charge on any atom is 0.573 e. The van der Waals surface area contributed by atoms with Gasteiger partial charge in [-0.15, -0.1) is 13.2 Å². The Morgan fingerprint density at radius 3 is 2.15 bits per heavy atom. The van der Waals surface area contributed by atoms with Gasteiger partial charge in [0, 0.05) is 11.1 Å². The van der Waals surface area contributed by atoms with Crippen LogP contribution in [0.1, 0.15) is 28.9 Å². The molecule has 1 unspecified atom stereocenters. The van der Waals surface area contributed by atoms with Crippen molar-refractivity contribution in [3.63, 3.8) is 0 Å². The van der Waals surface area contributed by atoms with E-state index in [0.29, 0.717) is 17.1 Å². The molecular formula is C18H18F3NO4. The number of halogens is 3. The highest BCUT2D eigenvalue weighted by molar-refractivity contribution is 5.94. The fourth-order valence-electron chi connectivity index (χ4n) is 2.34. The lowest BCUT2D eigenvalue weighted by molar-refractivity contribution is -0.274. The number of amides is 1. The Labute approximate surface area is 148 Å². The molecule has 1 atom stereocenters. The molecule has 0 aliphatic carbocycles. The molecule has 2 aromatic carbocycles. The molecule has 0 aliphatic rings. The zero-order valence-corrected chi connectivity index (χ0v) is 14.4. The molecule has 0 saturated carbocycles. The van der Waals surface area contributed by atoms with Crippen LogP contribution in [0.25, 0.3) is 0 Å². The maximum absolute atomic E-state index is 12.3. The first-order chi connectivity index (χ1) is 12.2. The van der Waals surface area contributed by atoms with Crippen LogP contribution in [0.4, 0.5) is 13.2 Å². The molecule has 0 radical (unpaired) electrons. The molecule has 1 N–H and O–H groups in total. The quantitative estimate of drug-likeness (QED) is 0.833. The Bertz CT molecular complexity index is 760. The van der Waals surface area contributed by atoms with Gasteiger partial charge in [0.15, 0.2) is 0 Å². The Morgan fingerprint density at radius 2 is 1.62 bits per heavy atom. The van der Waals surface area contributed by atoms with Crippen LogP contribution in [0.3, 0.4) is 0 Å². The van der Waals surface area contributed by atoms with Gasteiger partial charge in [-0.05, 0) is 49.4 Å². The summed E-state index contributed by atoms with van der Waals surface area (Å²) < 4.78 is 50.7. The summed E-state index contributed by atoms with van der Waals surface area (Å²) >= 11 is 0. The molecule has 0 heterocycles. The lowest BCUT2D eigenvalue weighted by atomic mass is 10.1. The minimum atomic E-state index is -4.78. The monoisotopic (exact) mass is 369 g/mol. The number of methoxy groups -OCH3 is 2. The number of alkyl halides is 3. The molecule has 8 heteroatoms. The average molecular weight is 369 g/mol. The highest BCUT2D eigenvalue weighted by Crippen LogP contribution is 2.29. The number of benzene rings is 2. The van der Waals surface area contributed by atoms with Crippen LogP contribution in [-0.4, -0.2) is 26.5 Å². The van der Waals surface area contributed by atoms with E-state index in [1.165, 1.54) is 26.4 Å². The van der Waals surface area contributed by atoms with E-state index in [-0.39, 0.29) is 5.56 Å². The SMILES string of the molecule is COc1ccc(OC)c(C(C)NC(=O)c2ccc(OC(F)(F)F)cc2)c1. The summed E-state index contributed by atoms with van der Waals surface area (Å²) in [5, 5.41) is 2.77. The molecule has 5 nitrogen and oxygen atoms in total. The molecule has 0 bridgehead atoms. The summed E-state index contributed by atoms with van der Waals surface area (Å²) in [5.41, 5.74) is 0.908. The smallest absolute Gasteiger partial charge is 0.497 e. The van der Waals surface area contributed by atoms with Crippen LogP contribution < -0.4 is 19.5 Å². The first-order valence-corrected chi connectivity index (χ1v) is 7.62. The zero-order valence-electron chi connectivity index (χ0n) is 14.4. The highest BCUT2D eigenvalue weighted by Gasteiger charge is 2.31. The van der Waals surface area contributed by atoms with E-state index < -0.39 is 24.1 Å². The second-order valence-corrected chi connectivity index (χ2v) is 5.38. The van der Waals surface area contributed by atoms with Gasteiger partial charge >= 0.3 is 6.36 Å². The van der Waals surface area contributed by atoms with Gasteiger partial charge in [0.05, 0.1) is 20.3 Å². The van der Waals surface area contributed by atoms with E-state index in [0.717, 1.165) is 12.1 Å². The van der Waals surface area contributed by atoms with Crippen molar-refractivity contribution >= 4 is 5.91 Å². The van der Waals surface area contributed by atoms with E-state index in [4.69, 9.17) is 9.47 Å². The third-order valence-corrected chi connectivity index (χ3v) is 3.60. The standard InChI is InChI=1S/C18H18F3NO4/c1-11(15-10-14(24-2)8-9-16(15)25-3)22-17(23)12-4-6-13(7-5-12)26-18(19,20)21/h4-11H,1-3H3,(H,22,23). The highest BCUT2D eigenvalue weighted by atomic mass is 19.4. The Kier molecular flexibility index (Phi) is 5.97. The molecule has 2 rings (SSSR count). The molecule has 0 saturated heterocycles. The summed E-state index contributed by atoms with van der Waals surface area (Å²) in [6, 6.07) is 9.45. The van der Waals surface area contributed by atoms with E-state index in [2.05, 4.69) is 10.1 Å². The van der Waals surface area contributed by atoms with Crippen molar-refractivity contribution in [1.82, 2.24) is 5.32 Å². The van der Waals surface area contributed by atoms with Crippen molar-refractivity contribution in [3.8, 4) is 17.2 Å². The number of nitrogens with one attached hydrogen (secondary N) is 1. The van der Waals surface area contributed by atoms with Gasteiger partial charge in [0.2, 0.25) is 0 Å². The van der Waals surface area contributed by atoms with Crippen molar-refractivity contribution in [2.45, 2.75) is 19.3 Å². The molecule has 0 aliphatic heterocycles. The molecule has 0 fully saturated rings. The second-order valence-electron chi connectivity index (χ2n) is 5.38. The van der Waals surface area contributed by atoms with Crippen LogP contribution in [-0.2, 0) is 0 Å². The van der Waals surface area contributed by atoms with Gasteiger partial charge in [-0.3, -0.25) is 4.79 Å². The number of carbonyl (C=O) groups is 1. The maximum atomic E-state index is 12.3. The number of rotatable bonds is 6. The van der Waals surface area contributed by atoms with Crippen LogP contribution in [0, 0.1) is 0 Å². The summed E-state index contributed by atoms with van der Waals surface area (Å²) in [7, 11) is 3.04. The normalized spacial score (nSPS) is 12.2. The van der Waals surface area contributed by atoms with Crippen LogP contribution >= 0.6 is 0 Å². The molecule has 0 spiro atoms. The summed E-state index contributed by atoms with van der Waals surface area (Å²) in [4.78, 5) is 12.3. The van der Waals surface area contributed by atoms with Crippen LogP contribution in [0.5, 0.6) is 17.2 Å². The van der Waals surface area contributed by atoms with Crippen LogP contribution in [0.15, 0.2) is 42.5 Å². The molecule has 140 valence electrons. The van der Waals surface area contributed by atoms with Crippen molar-refractivity contribution < 1.29 is 32.2 Å². The van der Waals surface area contributed by atoms with E-state index in [9.17, 15) is 18.0 Å². The van der Waals surface area contributed by atoms with E-state index in [1.807, 2.05) is 0 Å². The van der Waals surface area contributed by atoms with Gasteiger partial charge in [0.1, 0.15) is 17.2 Å². The molecule has 2 aromatic rings. The van der Waals surface area contributed by atoms with Crippen molar-refractivity contribution in [3.05, 3.63) is 53.6 Å². The molecule has 0 aromatic heterocycles. The van der Waals surface area contributed by atoms with Gasteiger partial charge in [-0.2, -0.15) is 0 Å². The predicted octanol–water partition coefficient (Wildman–Crippen LogP) is 4.09. The minimum Gasteiger partial charge on any atom is -0.497 e. The lowest BCUT2D eigenvalue weighted by Gasteiger charge is -2.18. The Morgan fingerprint density at radius 1 is 1.00 bits per heavy atom. The lowest BCUT2D eigenvalue weighted by Crippen LogP contribution is -2.27. The van der Waals surface area contributed by atoms with E-state index in [1.54, 1.807) is 25.1 Å². The fraction of sp³-hybridized carbons (Fsp3) is 0.278. The number of ether oxygens (including phenoxy) is 3. The predicted molar refractivity (Wildman–Crippen MR) is 88.6 cm³/mol.